The van der Waals surface area contributed by atoms with Gasteiger partial charge >= 0.3 is 0 Å². The zero-order valence-corrected chi connectivity index (χ0v) is 31.5. The number of hydrogen-bond donors (Lipinski definition) is 0. The topological polar surface area (TPSA) is 3.24 Å². The molecule has 0 aliphatic carbocycles. The second-order valence-electron chi connectivity index (χ2n) is 16.4. The van der Waals surface area contributed by atoms with Crippen molar-refractivity contribution in [3.63, 3.8) is 0 Å². The lowest BCUT2D eigenvalue weighted by Gasteiger charge is -2.27. The molecule has 0 aliphatic rings. The van der Waals surface area contributed by atoms with Crippen LogP contribution in [0.25, 0.3) is 54.6 Å². The summed E-state index contributed by atoms with van der Waals surface area (Å²) >= 11 is 0. The monoisotopic (exact) mass is 673 g/mol. The zero-order chi connectivity index (χ0) is 36.2. The second kappa shape index (κ2) is 12.8. The molecule has 52 heavy (non-hydrogen) atoms. The van der Waals surface area contributed by atoms with Gasteiger partial charge in [0.25, 0.3) is 0 Å². The molecule has 0 saturated carbocycles. The Morgan fingerprint density at radius 2 is 0.865 bits per heavy atom. The first-order valence-electron chi connectivity index (χ1n) is 18.5. The maximum absolute atomic E-state index is 2.46. The molecule has 0 bridgehead atoms. The van der Waals surface area contributed by atoms with Crippen molar-refractivity contribution in [1.29, 1.82) is 0 Å². The molecule has 1 nitrogen and oxygen atoms in total. The largest absolute Gasteiger partial charge is 0.310 e. The minimum absolute atomic E-state index is 0.0129. The lowest BCUT2D eigenvalue weighted by molar-refractivity contribution is 0.590. The second-order valence-corrected chi connectivity index (χ2v) is 16.4. The molecular weight excluding hydrogens is 627 g/mol. The summed E-state index contributed by atoms with van der Waals surface area (Å²) < 4.78 is 0. The number of benzene rings is 8. The van der Waals surface area contributed by atoms with Crippen molar-refractivity contribution >= 4 is 49.4 Å². The summed E-state index contributed by atoms with van der Waals surface area (Å²) in [6.07, 6.45) is 0. The fraction of sp³-hybridized carbons (Fsp3) is 0.176. The van der Waals surface area contributed by atoms with E-state index in [2.05, 4.69) is 211 Å². The molecule has 0 atom stereocenters. The SMILES string of the molecule is Cc1ccc(-c2c3ccc(C(C)(C)C)cc3c(-c3ccc(N(c4ccccc4)c4cccc5ccccc45)cc3)c3ccc(C(C)(C)C)cc23)cc1. The highest BCUT2D eigenvalue weighted by atomic mass is 15.1. The molecule has 0 saturated heterocycles. The highest BCUT2D eigenvalue weighted by Gasteiger charge is 2.23. The molecule has 8 rings (SSSR count). The first-order chi connectivity index (χ1) is 25.0. The minimum Gasteiger partial charge on any atom is -0.310 e. The van der Waals surface area contributed by atoms with E-state index in [1.807, 2.05) is 0 Å². The summed E-state index contributed by atoms with van der Waals surface area (Å²) in [5.41, 5.74) is 12.5. The van der Waals surface area contributed by atoms with Gasteiger partial charge in [0.05, 0.1) is 5.69 Å². The lowest BCUT2D eigenvalue weighted by Crippen LogP contribution is -2.11. The summed E-state index contributed by atoms with van der Waals surface area (Å²) in [7, 11) is 0. The van der Waals surface area contributed by atoms with Gasteiger partial charge in [-0.3, -0.25) is 0 Å². The van der Waals surface area contributed by atoms with Gasteiger partial charge in [0.1, 0.15) is 0 Å². The normalized spacial score (nSPS) is 12.1. The quantitative estimate of drug-likeness (QED) is 0.164. The molecule has 256 valence electrons. The third-order valence-corrected chi connectivity index (χ3v) is 10.6. The van der Waals surface area contributed by atoms with Gasteiger partial charge in [-0.15, -0.1) is 0 Å². The van der Waals surface area contributed by atoms with E-state index in [-0.39, 0.29) is 10.8 Å². The molecule has 1 heteroatoms. The highest BCUT2D eigenvalue weighted by molar-refractivity contribution is 6.21. The van der Waals surface area contributed by atoms with E-state index in [4.69, 9.17) is 0 Å². The van der Waals surface area contributed by atoms with Crippen LogP contribution in [0.2, 0.25) is 0 Å². The van der Waals surface area contributed by atoms with E-state index in [0.29, 0.717) is 0 Å². The number of nitrogens with zero attached hydrogens (tertiary/aromatic N) is 1. The maximum atomic E-state index is 2.46. The lowest BCUT2D eigenvalue weighted by atomic mass is 9.79. The Balaban J connectivity index is 1.40. The molecule has 0 aromatic heterocycles. The van der Waals surface area contributed by atoms with Crippen molar-refractivity contribution in [2.75, 3.05) is 4.90 Å². The molecule has 0 N–H and O–H groups in total. The third kappa shape index (κ3) is 6.05. The predicted octanol–water partition coefficient (Wildman–Crippen LogP) is 14.9. The van der Waals surface area contributed by atoms with Crippen LogP contribution < -0.4 is 4.90 Å². The Morgan fingerprint density at radius 3 is 1.42 bits per heavy atom. The van der Waals surface area contributed by atoms with Gasteiger partial charge in [-0.05, 0) is 121 Å². The summed E-state index contributed by atoms with van der Waals surface area (Å²) in [6, 6.07) is 58.7. The van der Waals surface area contributed by atoms with Crippen LogP contribution in [-0.2, 0) is 10.8 Å². The number of anilines is 3. The first-order valence-corrected chi connectivity index (χ1v) is 18.5. The van der Waals surface area contributed by atoms with Gasteiger partial charge < -0.3 is 4.90 Å². The standard InChI is InChI=1S/C51H47N/c1-34-20-22-36(23-21-34)48-43-30-26-39(51(5,6)7)33-46(43)49(44-31-27-38(32-45(44)48)50(2,3)4)37-24-28-41(29-25-37)52(40-16-9-8-10-17-40)47-19-13-15-35-14-11-12-18-42(35)47/h8-33H,1-7H3. The maximum Gasteiger partial charge on any atom is 0.0540 e. The molecule has 0 radical (unpaired) electrons. The van der Waals surface area contributed by atoms with Crippen LogP contribution in [0.1, 0.15) is 58.2 Å². The number of aryl methyl sites for hydroxylation is 1. The van der Waals surface area contributed by atoms with Gasteiger partial charge in [0.2, 0.25) is 0 Å². The van der Waals surface area contributed by atoms with E-state index >= 15 is 0 Å². The predicted molar refractivity (Wildman–Crippen MR) is 227 cm³/mol. The van der Waals surface area contributed by atoms with Crippen LogP contribution in [0, 0.1) is 6.92 Å². The number of para-hydroxylation sites is 1. The van der Waals surface area contributed by atoms with Gasteiger partial charge in [0, 0.05) is 16.8 Å². The van der Waals surface area contributed by atoms with Gasteiger partial charge in [-0.25, -0.2) is 0 Å². The zero-order valence-electron chi connectivity index (χ0n) is 31.5. The van der Waals surface area contributed by atoms with E-state index < -0.39 is 0 Å². The van der Waals surface area contributed by atoms with E-state index in [9.17, 15) is 0 Å². The first kappa shape index (κ1) is 33.5. The van der Waals surface area contributed by atoms with Crippen molar-refractivity contribution in [3.8, 4) is 22.3 Å². The molecule has 0 amide bonds. The summed E-state index contributed by atoms with van der Waals surface area (Å²) in [5, 5.41) is 7.62. The average Bonchev–Trinajstić information content (AvgIpc) is 3.14. The molecule has 8 aromatic carbocycles. The van der Waals surface area contributed by atoms with E-state index in [0.717, 1.165) is 11.4 Å². The van der Waals surface area contributed by atoms with Crippen molar-refractivity contribution in [2.24, 2.45) is 0 Å². The molecule has 0 fully saturated rings. The molecular formula is C51H47N. The van der Waals surface area contributed by atoms with E-state index in [1.165, 1.54) is 76.9 Å². The minimum atomic E-state index is 0.0129. The van der Waals surface area contributed by atoms with Crippen molar-refractivity contribution in [1.82, 2.24) is 0 Å². The van der Waals surface area contributed by atoms with Crippen molar-refractivity contribution in [2.45, 2.75) is 59.3 Å². The van der Waals surface area contributed by atoms with Crippen molar-refractivity contribution in [3.05, 3.63) is 174 Å². The Labute approximate surface area is 309 Å². The molecule has 0 aliphatic heterocycles. The fourth-order valence-corrected chi connectivity index (χ4v) is 7.69. The van der Waals surface area contributed by atoms with Crippen LogP contribution in [0.4, 0.5) is 17.1 Å². The highest BCUT2D eigenvalue weighted by Crippen LogP contribution is 2.47. The third-order valence-electron chi connectivity index (χ3n) is 10.6. The summed E-state index contributed by atoms with van der Waals surface area (Å²) in [4.78, 5) is 2.39. The fourth-order valence-electron chi connectivity index (χ4n) is 7.69. The number of fused-ring (bicyclic) bond motifs is 3. The number of hydrogen-bond acceptors (Lipinski definition) is 1. The Bertz CT molecular complexity index is 2560. The summed E-state index contributed by atoms with van der Waals surface area (Å²) in [5.74, 6) is 0. The van der Waals surface area contributed by atoms with Gasteiger partial charge in [-0.1, -0.05) is 162 Å². The van der Waals surface area contributed by atoms with E-state index in [1.54, 1.807) is 0 Å². The molecule has 8 aromatic rings. The van der Waals surface area contributed by atoms with Crippen LogP contribution >= 0.6 is 0 Å². The Kier molecular flexibility index (Phi) is 8.26. The van der Waals surface area contributed by atoms with Crippen LogP contribution in [0.15, 0.2) is 158 Å². The van der Waals surface area contributed by atoms with Gasteiger partial charge in [0.15, 0.2) is 0 Å². The smallest absolute Gasteiger partial charge is 0.0540 e. The van der Waals surface area contributed by atoms with Crippen LogP contribution in [-0.4, -0.2) is 0 Å². The van der Waals surface area contributed by atoms with Crippen LogP contribution in [0.3, 0.4) is 0 Å². The summed E-state index contributed by atoms with van der Waals surface area (Å²) in [6.45, 7) is 16.0. The van der Waals surface area contributed by atoms with Crippen molar-refractivity contribution < 1.29 is 0 Å². The van der Waals surface area contributed by atoms with Gasteiger partial charge in [-0.2, -0.15) is 0 Å². The molecule has 0 spiro atoms. The van der Waals surface area contributed by atoms with Crippen LogP contribution in [0.5, 0.6) is 0 Å². The average molecular weight is 674 g/mol. The number of rotatable bonds is 5. The molecule has 0 unspecified atom stereocenters. The Hall–Kier alpha value is -5.66. The molecule has 0 heterocycles. The Morgan fingerprint density at radius 1 is 0.385 bits per heavy atom.